The Balaban J connectivity index is 1.81. The molecule has 3 aromatic rings. The number of carbonyl (C=O) groups excluding carboxylic acids is 2. The molecule has 6 nitrogen and oxygen atoms in total. The summed E-state index contributed by atoms with van der Waals surface area (Å²) in [5.74, 6) is -0.928. The quantitative estimate of drug-likeness (QED) is 0.359. The molecule has 0 amide bonds. The lowest BCUT2D eigenvalue weighted by Crippen LogP contribution is -2.20. The second-order valence-corrected chi connectivity index (χ2v) is 6.25. The summed E-state index contributed by atoms with van der Waals surface area (Å²) in [5, 5.41) is 0.509. The Bertz CT molecular complexity index is 1050. The molecular formula is C19H13BrO6. The zero-order valence-electron chi connectivity index (χ0n) is 13.7. The van der Waals surface area contributed by atoms with Gasteiger partial charge in [0.1, 0.15) is 5.56 Å². The zero-order valence-corrected chi connectivity index (χ0v) is 15.2. The highest BCUT2D eigenvalue weighted by atomic mass is 79.9. The van der Waals surface area contributed by atoms with Crippen LogP contribution in [0.2, 0.25) is 0 Å². The predicted molar refractivity (Wildman–Crippen MR) is 97.8 cm³/mol. The van der Waals surface area contributed by atoms with Crippen LogP contribution in [0.15, 0.2) is 62.2 Å². The van der Waals surface area contributed by atoms with Crippen LogP contribution in [0, 0.1) is 0 Å². The molecule has 2 aromatic carbocycles. The number of ether oxygens (including phenoxy) is 2. The monoisotopic (exact) mass is 416 g/mol. The minimum Gasteiger partial charge on any atom is -0.493 e. The van der Waals surface area contributed by atoms with Gasteiger partial charge in [-0.2, -0.15) is 0 Å². The Kier molecular flexibility index (Phi) is 5.18. The Morgan fingerprint density at radius 3 is 2.62 bits per heavy atom. The number of esters is 1. The minimum absolute atomic E-state index is 0.238. The van der Waals surface area contributed by atoms with Gasteiger partial charge in [0, 0.05) is 15.4 Å². The number of Topliss-reactive ketones (excluding diaryl/α,β-unsaturated/α-hetero) is 1. The van der Waals surface area contributed by atoms with Crippen molar-refractivity contribution >= 4 is 38.7 Å². The van der Waals surface area contributed by atoms with Crippen molar-refractivity contribution in [1.82, 2.24) is 0 Å². The number of benzene rings is 2. The van der Waals surface area contributed by atoms with Crippen molar-refractivity contribution in [3.63, 3.8) is 0 Å². The normalized spacial score (nSPS) is 10.5. The number of ketones is 1. The van der Waals surface area contributed by atoms with E-state index in [1.54, 1.807) is 42.5 Å². The molecule has 0 N–H and O–H groups in total. The van der Waals surface area contributed by atoms with Crippen LogP contribution in [0.4, 0.5) is 0 Å². The molecule has 0 bridgehead atoms. The predicted octanol–water partition coefficient (Wildman–Crippen LogP) is 3.60. The molecule has 0 spiro atoms. The van der Waals surface area contributed by atoms with E-state index in [0.717, 1.165) is 4.47 Å². The van der Waals surface area contributed by atoms with Gasteiger partial charge >= 0.3 is 11.6 Å². The van der Waals surface area contributed by atoms with E-state index >= 15 is 0 Å². The van der Waals surface area contributed by atoms with Crippen LogP contribution in [0.5, 0.6) is 5.75 Å². The number of halogens is 1. The lowest BCUT2D eigenvalue weighted by Gasteiger charge is -2.06. The lowest BCUT2D eigenvalue weighted by atomic mass is 10.1. The van der Waals surface area contributed by atoms with Gasteiger partial charge in [-0.1, -0.05) is 40.2 Å². The highest BCUT2D eigenvalue weighted by molar-refractivity contribution is 9.10. The summed E-state index contributed by atoms with van der Waals surface area (Å²) in [4.78, 5) is 36.4. The smallest absolute Gasteiger partial charge is 0.351 e. The number of para-hydroxylation sites is 1. The maximum atomic E-state index is 12.2. The van der Waals surface area contributed by atoms with Crippen molar-refractivity contribution in [1.29, 1.82) is 0 Å². The largest absolute Gasteiger partial charge is 0.493 e. The third-order valence-electron chi connectivity index (χ3n) is 3.64. The van der Waals surface area contributed by atoms with Gasteiger partial charge in [-0.3, -0.25) is 4.79 Å². The summed E-state index contributed by atoms with van der Waals surface area (Å²) in [6.07, 6.45) is 0. The molecule has 0 saturated heterocycles. The first-order valence-electron chi connectivity index (χ1n) is 7.56. The molecule has 0 saturated carbocycles. The number of carbonyl (C=O) groups is 2. The second kappa shape index (κ2) is 7.53. The molecule has 0 aliphatic heterocycles. The van der Waals surface area contributed by atoms with Crippen LogP contribution in [-0.2, 0) is 4.74 Å². The number of hydrogen-bond donors (Lipinski definition) is 0. The molecule has 0 radical (unpaired) electrons. The van der Waals surface area contributed by atoms with Crippen molar-refractivity contribution in [2.24, 2.45) is 0 Å². The van der Waals surface area contributed by atoms with E-state index in [1.807, 2.05) is 0 Å². The Morgan fingerprint density at radius 1 is 1.12 bits per heavy atom. The van der Waals surface area contributed by atoms with Crippen molar-refractivity contribution < 1.29 is 23.5 Å². The summed E-state index contributed by atoms with van der Waals surface area (Å²) >= 11 is 3.27. The van der Waals surface area contributed by atoms with Crippen molar-refractivity contribution in [3.05, 3.63) is 74.6 Å². The highest BCUT2D eigenvalue weighted by Gasteiger charge is 2.18. The fraction of sp³-hybridized carbons (Fsp3) is 0.105. The third-order valence-corrected chi connectivity index (χ3v) is 4.14. The van der Waals surface area contributed by atoms with Gasteiger partial charge in [-0.25, -0.2) is 9.59 Å². The van der Waals surface area contributed by atoms with Crippen molar-refractivity contribution in [2.45, 2.75) is 0 Å². The molecule has 26 heavy (non-hydrogen) atoms. The fourth-order valence-electron chi connectivity index (χ4n) is 2.37. The maximum absolute atomic E-state index is 12.2. The summed E-state index contributed by atoms with van der Waals surface area (Å²) in [5.41, 5.74) is -0.515. The molecule has 0 aliphatic carbocycles. The second-order valence-electron chi connectivity index (χ2n) is 5.34. The van der Waals surface area contributed by atoms with Gasteiger partial charge in [0.25, 0.3) is 0 Å². The van der Waals surface area contributed by atoms with Gasteiger partial charge in [0.05, 0.1) is 7.11 Å². The molecular weight excluding hydrogens is 404 g/mol. The van der Waals surface area contributed by atoms with Crippen molar-refractivity contribution in [2.75, 3.05) is 13.7 Å². The van der Waals surface area contributed by atoms with E-state index in [-0.39, 0.29) is 16.9 Å². The SMILES string of the molecule is COc1cccc2cc(C(=O)OCC(=O)c3cccc(Br)c3)c(=O)oc12. The summed E-state index contributed by atoms with van der Waals surface area (Å²) < 4.78 is 16.0. The average molecular weight is 417 g/mol. The topological polar surface area (TPSA) is 82.8 Å². The first kappa shape index (κ1) is 17.9. The van der Waals surface area contributed by atoms with Crippen LogP contribution < -0.4 is 10.4 Å². The van der Waals surface area contributed by atoms with Gasteiger partial charge < -0.3 is 13.9 Å². The summed E-state index contributed by atoms with van der Waals surface area (Å²) in [7, 11) is 1.45. The average Bonchev–Trinajstić information content (AvgIpc) is 2.64. The first-order valence-corrected chi connectivity index (χ1v) is 8.35. The van der Waals surface area contributed by atoms with Crippen LogP contribution in [0.1, 0.15) is 20.7 Å². The van der Waals surface area contributed by atoms with Gasteiger partial charge in [-0.15, -0.1) is 0 Å². The molecule has 0 atom stereocenters. The van der Waals surface area contributed by atoms with E-state index in [9.17, 15) is 14.4 Å². The van der Waals surface area contributed by atoms with Crippen LogP contribution in [0.3, 0.4) is 0 Å². The standard InChI is InChI=1S/C19H13BrO6/c1-24-16-7-3-5-12-9-14(19(23)26-17(12)16)18(22)25-10-15(21)11-4-2-6-13(20)8-11/h2-9H,10H2,1H3. The summed E-state index contributed by atoms with van der Waals surface area (Å²) in [6, 6.07) is 13.1. The van der Waals surface area contributed by atoms with E-state index < -0.39 is 18.2 Å². The Labute approximate surface area is 156 Å². The number of methoxy groups -OCH3 is 1. The molecule has 0 fully saturated rings. The van der Waals surface area contributed by atoms with E-state index in [2.05, 4.69) is 15.9 Å². The molecule has 0 aliphatic rings. The fourth-order valence-corrected chi connectivity index (χ4v) is 2.77. The summed E-state index contributed by atoms with van der Waals surface area (Å²) in [6.45, 7) is -0.481. The Hall–Kier alpha value is -2.93. The van der Waals surface area contributed by atoms with Crippen LogP contribution >= 0.6 is 15.9 Å². The third kappa shape index (κ3) is 3.67. The lowest BCUT2D eigenvalue weighted by molar-refractivity contribution is 0.0470. The number of hydrogen-bond acceptors (Lipinski definition) is 6. The first-order chi connectivity index (χ1) is 12.5. The van der Waals surface area contributed by atoms with Gasteiger partial charge in [0.15, 0.2) is 23.7 Å². The molecule has 1 aromatic heterocycles. The van der Waals surface area contributed by atoms with E-state index in [4.69, 9.17) is 13.9 Å². The molecule has 0 unspecified atom stereocenters. The van der Waals surface area contributed by atoms with Crippen LogP contribution in [0.25, 0.3) is 11.0 Å². The van der Waals surface area contributed by atoms with Gasteiger partial charge in [-0.05, 0) is 24.3 Å². The molecule has 132 valence electrons. The van der Waals surface area contributed by atoms with E-state index in [0.29, 0.717) is 16.7 Å². The highest BCUT2D eigenvalue weighted by Crippen LogP contribution is 2.24. The number of fused-ring (bicyclic) bond motifs is 1. The van der Waals surface area contributed by atoms with Gasteiger partial charge in [0.2, 0.25) is 0 Å². The Morgan fingerprint density at radius 2 is 1.88 bits per heavy atom. The zero-order chi connectivity index (χ0) is 18.7. The van der Waals surface area contributed by atoms with Crippen LogP contribution in [-0.4, -0.2) is 25.5 Å². The number of rotatable bonds is 5. The molecule has 1 heterocycles. The molecule has 7 heteroatoms. The molecule has 3 rings (SSSR count). The maximum Gasteiger partial charge on any atom is 0.351 e. The van der Waals surface area contributed by atoms with E-state index in [1.165, 1.54) is 13.2 Å². The van der Waals surface area contributed by atoms with Crippen molar-refractivity contribution in [3.8, 4) is 5.75 Å². The minimum atomic E-state index is -0.924.